The fourth-order valence-electron chi connectivity index (χ4n) is 3.59. The molecule has 0 aliphatic heterocycles. The van der Waals surface area contributed by atoms with Gasteiger partial charge in [-0.3, -0.25) is 9.59 Å². The number of hydrogen-bond acceptors (Lipinski definition) is 3. The standard InChI is InChI=1S/C20H23NO4/c1-21(19(22)16-5-6-17(10-16)20(23)24)12-13-3-4-15-11-18(25-2)8-7-14(15)9-13/h3-4,7-9,11,16-17H,5-6,10,12H2,1-2H3,(H,23,24)/t16-,17+/m1/s1. The Balaban J connectivity index is 1.68. The number of hydrogen-bond donors (Lipinski definition) is 1. The van der Waals surface area contributed by atoms with Crippen LogP contribution in [0.1, 0.15) is 24.8 Å². The molecule has 2 atom stereocenters. The molecule has 0 aromatic heterocycles. The minimum absolute atomic E-state index is 0.0403. The zero-order valence-electron chi connectivity index (χ0n) is 14.6. The zero-order valence-corrected chi connectivity index (χ0v) is 14.6. The van der Waals surface area contributed by atoms with Crippen LogP contribution in [0.2, 0.25) is 0 Å². The summed E-state index contributed by atoms with van der Waals surface area (Å²) in [5.74, 6) is -0.475. The quantitative estimate of drug-likeness (QED) is 0.906. The fourth-order valence-corrected chi connectivity index (χ4v) is 3.59. The van der Waals surface area contributed by atoms with Crippen molar-refractivity contribution in [3.05, 3.63) is 42.0 Å². The van der Waals surface area contributed by atoms with Crippen LogP contribution in [0.5, 0.6) is 5.75 Å². The number of methoxy groups -OCH3 is 1. The van der Waals surface area contributed by atoms with Crippen LogP contribution in [0.3, 0.4) is 0 Å². The van der Waals surface area contributed by atoms with Crippen molar-refractivity contribution >= 4 is 22.6 Å². The SMILES string of the molecule is COc1ccc2cc(CN(C)C(=O)[C@@H]3CC[C@H](C(=O)O)C3)ccc2c1. The second-order valence-electron chi connectivity index (χ2n) is 6.79. The Morgan fingerprint density at radius 1 is 1.12 bits per heavy atom. The van der Waals surface area contributed by atoms with Crippen LogP contribution in [0.25, 0.3) is 10.8 Å². The van der Waals surface area contributed by atoms with E-state index in [1.807, 2.05) is 30.3 Å². The van der Waals surface area contributed by atoms with Crippen molar-refractivity contribution < 1.29 is 19.4 Å². The molecule has 0 spiro atoms. The van der Waals surface area contributed by atoms with Gasteiger partial charge >= 0.3 is 5.97 Å². The minimum Gasteiger partial charge on any atom is -0.497 e. The maximum Gasteiger partial charge on any atom is 0.306 e. The van der Waals surface area contributed by atoms with Gasteiger partial charge in [0.1, 0.15) is 5.75 Å². The van der Waals surface area contributed by atoms with Gasteiger partial charge in [0.15, 0.2) is 0 Å². The molecule has 1 fully saturated rings. The van der Waals surface area contributed by atoms with Gasteiger partial charge in [-0.05, 0) is 53.8 Å². The van der Waals surface area contributed by atoms with Gasteiger partial charge in [-0.15, -0.1) is 0 Å². The third-order valence-corrected chi connectivity index (χ3v) is 5.04. The van der Waals surface area contributed by atoms with Crippen LogP contribution in [0.4, 0.5) is 0 Å². The Morgan fingerprint density at radius 3 is 2.48 bits per heavy atom. The second kappa shape index (κ2) is 7.13. The van der Waals surface area contributed by atoms with E-state index >= 15 is 0 Å². The van der Waals surface area contributed by atoms with Gasteiger partial charge in [0.25, 0.3) is 0 Å². The Morgan fingerprint density at radius 2 is 1.80 bits per heavy atom. The summed E-state index contributed by atoms with van der Waals surface area (Å²) in [6.45, 7) is 0.523. The van der Waals surface area contributed by atoms with E-state index in [0.29, 0.717) is 25.8 Å². The molecule has 5 heteroatoms. The molecule has 0 radical (unpaired) electrons. The summed E-state index contributed by atoms with van der Waals surface area (Å²) in [6.07, 6.45) is 1.71. The van der Waals surface area contributed by atoms with Crippen LogP contribution in [-0.2, 0) is 16.1 Å². The van der Waals surface area contributed by atoms with Gasteiger partial charge < -0.3 is 14.7 Å². The summed E-state index contributed by atoms with van der Waals surface area (Å²) in [4.78, 5) is 25.4. The third kappa shape index (κ3) is 3.76. The molecule has 1 aliphatic carbocycles. The van der Waals surface area contributed by atoms with Crippen molar-refractivity contribution in [2.24, 2.45) is 11.8 Å². The van der Waals surface area contributed by atoms with Crippen molar-refractivity contribution in [1.82, 2.24) is 4.90 Å². The fraction of sp³-hybridized carbons (Fsp3) is 0.400. The number of benzene rings is 2. The first-order chi connectivity index (χ1) is 12.0. The summed E-state index contributed by atoms with van der Waals surface area (Å²) < 4.78 is 5.24. The van der Waals surface area contributed by atoms with E-state index in [0.717, 1.165) is 22.1 Å². The first-order valence-electron chi connectivity index (χ1n) is 8.52. The molecule has 1 saturated carbocycles. The molecule has 2 aromatic rings. The van der Waals surface area contributed by atoms with Crippen LogP contribution < -0.4 is 4.74 Å². The van der Waals surface area contributed by atoms with Crippen LogP contribution in [0.15, 0.2) is 36.4 Å². The number of carbonyl (C=O) groups is 2. The van der Waals surface area contributed by atoms with E-state index in [2.05, 4.69) is 6.07 Å². The molecule has 0 heterocycles. The predicted molar refractivity (Wildman–Crippen MR) is 95.4 cm³/mol. The van der Waals surface area contributed by atoms with Gasteiger partial charge in [0.2, 0.25) is 5.91 Å². The zero-order chi connectivity index (χ0) is 18.0. The highest BCUT2D eigenvalue weighted by Crippen LogP contribution is 2.32. The summed E-state index contributed by atoms with van der Waals surface area (Å²) in [6, 6.07) is 12.0. The number of carbonyl (C=O) groups excluding carboxylic acids is 1. The highest BCUT2D eigenvalue weighted by atomic mass is 16.5. The number of rotatable bonds is 5. The Kier molecular flexibility index (Phi) is 4.93. The van der Waals surface area contributed by atoms with Gasteiger partial charge in [-0.2, -0.15) is 0 Å². The van der Waals surface area contributed by atoms with Gasteiger partial charge in [0.05, 0.1) is 13.0 Å². The van der Waals surface area contributed by atoms with E-state index in [1.165, 1.54) is 0 Å². The molecular formula is C20H23NO4. The van der Waals surface area contributed by atoms with E-state index in [9.17, 15) is 9.59 Å². The molecule has 0 saturated heterocycles. The van der Waals surface area contributed by atoms with Crippen molar-refractivity contribution in [1.29, 1.82) is 0 Å². The molecule has 25 heavy (non-hydrogen) atoms. The largest absolute Gasteiger partial charge is 0.497 e. The summed E-state index contributed by atoms with van der Waals surface area (Å²) in [7, 11) is 3.43. The summed E-state index contributed by atoms with van der Waals surface area (Å²) in [5, 5.41) is 11.3. The molecule has 5 nitrogen and oxygen atoms in total. The number of fused-ring (bicyclic) bond motifs is 1. The highest BCUT2D eigenvalue weighted by Gasteiger charge is 2.35. The first-order valence-corrected chi connectivity index (χ1v) is 8.52. The lowest BCUT2D eigenvalue weighted by Gasteiger charge is -2.21. The number of ether oxygens (including phenoxy) is 1. The van der Waals surface area contributed by atoms with E-state index < -0.39 is 5.97 Å². The van der Waals surface area contributed by atoms with Gasteiger partial charge in [-0.25, -0.2) is 0 Å². The molecular weight excluding hydrogens is 318 g/mol. The number of carboxylic acid groups (broad SMARTS) is 1. The normalized spacial score (nSPS) is 19.8. The van der Waals surface area contributed by atoms with E-state index in [4.69, 9.17) is 9.84 Å². The lowest BCUT2D eigenvalue weighted by atomic mass is 10.0. The maximum atomic E-state index is 12.6. The molecule has 0 bridgehead atoms. The smallest absolute Gasteiger partial charge is 0.306 e. The van der Waals surface area contributed by atoms with E-state index in [-0.39, 0.29) is 17.7 Å². The number of amides is 1. The lowest BCUT2D eigenvalue weighted by molar-refractivity contribution is -0.141. The van der Waals surface area contributed by atoms with Gasteiger partial charge in [-0.1, -0.05) is 18.2 Å². The Hall–Kier alpha value is -2.56. The molecule has 1 N–H and O–H groups in total. The third-order valence-electron chi connectivity index (χ3n) is 5.04. The topological polar surface area (TPSA) is 66.8 Å². The van der Waals surface area contributed by atoms with E-state index in [1.54, 1.807) is 19.1 Å². The minimum atomic E-state index is -0.789. The molecule has 0 unspecified atom stereocenters. The van der Waals surface area contributed by atoms with Crippen molar-refractivity contribution in [2.45, 2.75) is 25.8 Å². The van der Waals surface area contributed by atoms with Crippen molar-refractivity contribution in [3.63, 3.8) is 0 Å². The Bertz CT molecular complexity index is 801. The maximum absolute atomic E-state index is 12.6. The Labute approximate surface area is 147 Å². The lowest BCUT2D eigenvalue weighted by Crippen LogP contribution is -2.31. The molecule has 1 aliphatic rings. The van der Waals surface area contributed by atoms with Crippen LogP contribution in [0, 0.1) is 11.8 Å². The predicted octanol–water partition coefficient (Wildman–Crippen LogP) is 3.31. The molecule has 1 amide bonds. The highest BCUT2D eigenvalue weighted by molar-refractivity contribution is 5.85. The van der Waals surface area contributed by atoms with Crippen molar-refractivity contribution in [3.8, 4) is 5.75 Å². The molecule has 3 rings (SSSR count). The average molecular weight is 341 g/mol. The number of nitrogens with zero attached hydrogens (tertiary/aromatic N) is 1. The summed E-state index contributed by atoms with van der Waals surface area (Å²) in [5.41, 5.74) is 1.06. The van der Waals surface area contributed by atoms with Crippen LogP contribution in [-0.4, -0.2) is 36.0 Å². The number of aliphatic carboxylic acids is 1. The molecule has 132 valence electrons. The molecule has 2 aromatic carbocycles. The summed E-state index contributed by atoms with van der Waals surface area (Å²) >= 11 is 0. The first kappa shape index (κ1) is 17.3. The number of carboxylic acids is 1. The van der Waals surface area contributed by atoms with Crippen LogP contribution >= 0.6 is 0 Å². The average Bonchev–Trinajstić information content (AvgIpc) is 3.11. The van der Waals surface area contributed by atoms with Gasteiger partial charge in [0, 0.05) is 19.5 Å². The van der Waals surface area contributed by atoms with Crippen molar-refractivity contribution in [2.75, 3.05) is 14.2 Å². The monoisotopic (exact) mass is 341 g/mol. The second-order valence-corrected chi connectivity index (χ2v) is 6.79.